The SMILES string of the molecule is O=C(C(=C1C=C(c2ccccc2)SS1)c1ccccc1)c1ccccc1. The van der Waals surface area contributed by atoms with Gasteiger partial charge in [0.25, 0.3) is 0 Å². The zero-order chi connectivity index (χ0) is 17.8. The van der Waals surface area contributed by atoms with Gasteiger partial charge in [-0.25, -0.2) is 0 Å². The van der Waals surface area contributed by atoms with Gasteiger partial charge in [0.2, 0.25) is 0 Å². The van der Waals surface area contributed by atoms with Gasteiger partial charge in [0.1, 0.15) is 0 Å². The van der Waals surface area contributed by atoms with E-state index in [-0.39, 0.29) is 5.78 Å². The Morgan fingerprint density at radius 1 is 0.615 bits per heavy atom. The maximum absolute atomic E-state index is 13.3. The van der Waals surface area contributed by atoms with Crippen molar-refractivity contribution in [3.05, 3.63) is 119 Å². The summed E-state index contributed by atoms with van der Waals surface area (Å²) in [5.74, 6) is 0.0606. The zero-order valence-electron chi connectivity index (χ0n) is 14.0. The Bertz CT molecular complexity index is 974. The quantitative estimate of drug-likeness (QED) is 0.287. The van der Waals surface area contributed by atoms with Gasteiger partial charge in [-0.15, -0.1) is 0 Å². The number of Topliss-reactive ketones (excluding diaryl/α,β-unsaturated/α-hetero) is 1. The van der Waals surface area contributed by atoms with Crippen molar-refractivity contribution in [2.24, 2.45) is 0 Å². The van der Waals surface area contributed by atoms with Crippen LogP contribution in [0.2, 0.25) is 0 Å². The lowest BCUT2D eigenvalue weighted by Gasteiger charge is -2.09. The number of benzene rings is 3. The van der Waals surface area contributed by atoms with Crippen LogP contribution in [0.4, 0.5) is 0 Å². The van der Waals surface area contributed by atoms with Crippen LogP contribution in [0.5, 0.6) is 0 Å². The van der Waals surface area contributed by atoms with Crippen LogP contribution in [0.25, 0.3) is 10.5 Å². The minimum atomic E-state index is 0.0606. The molecule has 0 N–H and O–H groups in total. The van der Waals surface area contributed by atoms with Gasteiger partial charge >= 0.3 is 0 Å². The molecular formula is C23H16OS2. The maximum Gasteiger partial charge on any atom is 0.194 e. The molecule has 1 heterocycles. The first kappa shape index (κ1) is 17.0. The molecule has 0 aliphatic carbocycles. The summed E-state index contributed by atoms with van der Waals surface area (Å²) in [7, 11) is 3.36. The Labute approximate surface area is 161 Å². The fourth-order valence-electron chi connectivity index (χ4n) is 2.83. The summed E-state index contributed by atoms with van der Waals surface area (Å²) in [5.41, 5.74) is 3.61. The van der Waals surface area contributed by atoms with Gasteiger partial charge in [-0.05, 0) is 17.2 Å². The van der Waals surface area contributed by atoms with Crippen LogP contribution in [0.15, 0.2) is 102 Å². The number of rotatable bonds is 4. The number of hydrogen-bond donors (Lipinski definition) is 0. The number of carbonyl (C=O) groups is 1. The molecule has 0 fully saturated rings. The lowest BCUT2D eigenvalue weighted by atomic mass is 9.96. The van der Waals surface area contributed by atoms with E-state index >= 15 is 0 Å². The second-order valence-corrected chi connectivity index (χ2v) is 8.05. The molecule has 0 aromatic heterocycles. The Morgan fingerprint density at radius 2 is 1.15 bits per heavy atom. The molecule has 0 bridgehead atoms. The number of ketones is 1. The van der Waals surface area contributed by atoms with Crippen molar-refractivity contribution in [3.63, 3.8) is 0 Å². The minimum Gasteiger partial charge on any atom is -0.289 e. The van der Waals surface area contributed by atoms with Gasteiger partial charge < -0.3 is 0 Å². The largest absolute Gasteiger partial charge is 0.289 e. The molecule has 26 heavy (non-hydrogen) atoms. The Balaban J connectivity index is 1.82. The van der Waals surface area contributed by atoms with Gasteiger partial charge in [-0.2, -0.15) is 0 Å². The smallest absolute Gasteiger partial charge is 0.194 e. The molecule has 1 nitrogen and oxygen atoms in total. The van der Waals surface area contributed by atoms with Crippen molar-refractivity contribution in [1.82, 2.24) is 0 Å². The number of carbonyl (C=O) groups excluding carboxylic acids is 1. The molecule has 0 saturated carbocycles. The standard InChI is InChI=1S/C23H16OS2/c24-23(19-14-8-3-9-15-19)22(18-12-6-2-7-13-18)21-16-20(25-26-21)17-10-4-1-5-11-17/h1-16H. The third kappa shape index (κ3) is 3.55. The summed E-state index contributed by atoms with van der Waals surface area (Å²) in [6.45, 7) is 0. The Kier molecular flexibility index (Phi) is 5.09. The van der Waals surface area contributed by atoms with E-state index in [9.17, 15) is 4.79 Å². The normalized spacial score (nSPS) is 15.5. The first-order valence-corrected chi connectivity index (χ1v) is 10.5. The fourth-order valence-corrected chi connectivity index (χ4v) is 5.31. The summed E-state index contributed by atoms with van der Waals surface area (Å²) in [6, 6.07) is 29.7. The van der Waals surface area contributed by atoms with E-state index in [4.69, 9.17) is 0 Å². The van der Waals surface area contributed by atoms with Gasteiger partial charge in [-0.3, -0.25) is 4.79 Å². The molecule has 0 amide bonds. The van der Waals surface area contributed by atoms with Crippen molar-refractivity contribution in [3.8, 4) is 0 Å². The van der Waals surface area contributed by atoms with E-state index < -0.39 is 0 Å². The molecular weight excluding hydrogens is 356 g/mol. The predicted octanol–water partition coefficient (Wildman–Crippen LogP) is 6.72. The van der Waals surface area contributed by atoms with Crippen molar-refractivity contribution in [1.29, 1.82) is 0 Å². The van der Waals surface area contributed by atoms with Crippen LogP contribution >= 0.6 is 21.6 Å². The molecule has 126 valence electrons. The number of allylic oxidation sites excluding steroid dienone is 2. The van der Waals surface area contributed by atoms with Crippen molar-refractivity contribution in [2.45, 2.75) is 0 Å². The van der Waals surface area contributed by atoms with Crippen molar-refractivity contribution >= 4 is 37.8 Å². The highest BCUT2D eigenvalue weighted by Gasteiger charge is 2.23. The van der Waals surface area contributed by atoms with E-state index in [1.807, 2.05) is 78.9 Å². The fraction of sp³-hybridized carbons (Fsp3) is 0. The van der Waals surface area contributed by atoms with Crippen LogP contribution in [-0.4, -0.2) is 5.78 Å². The molecule has 0 spiro atoms. The monoisotopic (exact) mass is 372 g/mol. The average molecular weight is 373 g/mol. The van der Waals surface area contributed by atoms with E-state index in [0.717, 1.165) is 16.0 Å². The van der Waals surface area contributed by atoms with Crippen LogP contribution in [-0.2, 0) is 0 Å². The molecule has 4 rings (SSSR count). The highest BCUT2D eigenvalue weighted by Crippen LogP contribution is 2.52. The molecule has 3 aromatic carbocycles. The molecule has 1 aliphatic heterocycles. The van der Waals surface area contributed by atoms with E-state index in [1.165, 1.54) is 10.5 Å². The minimum absolute atomic E-state index is 0.0606. The topological polar surface area (TPSA) is 17.1 Å². The molecule has 0 atom stereocenters. The molecule has 0 saturated heterocycles. The van der Waals surface area contributed by atoms with Gasteiger partial charge in [-0.1, -0.05) is 113 Å². The predicted molar refractivity (Wildman–Crippen MR) is 114 cm³/mol. The lowest BCUT2D eigenvalue weighted by molar-refractivity contribution is 0.105. The van der Waals surface area contributed by atoms with Gasteiger partial charge in [0.05, 0.1) is 0 Å². The highest BCUT2D eigenvalue weighted by molar-refractivity contribution is 8.82. The van der Waals surface area contributed by atoms with Gasteiger partial charge in [0, 0.05) is 20.9 Å². The lowest BCUT2D eigenvalue weighted by Crippen LogP contribution is -2.04. The van der Waals surface area contributed by atoms with E-state index in [0.29, 0.717) is 5.56 Å². The second-order valence-electron chi connectivity index (χ2n) is 5.84. The van der Waals surface area contributed by atoms with Gasteiger partial charge in [0.15, 0.2) is 5.78 Å². The Hall–Kier alpha value is -2.49. The first-order chi connectivity index (χ1) is 12.8. The van der Waals surface area contributed by atoms with E-state index in [1.54, 1.807) is 21.6 Å². The van der Waals surface area contributed by atoms with Crippen molar-refractivity contribution in [2.75, 3.05) is 0 Å². The summed E-state index contributed by atoms with van der Waals surface area (Å²) in [5, 5.41) is 0. The van der Waals surface area contributed by atoms with Crippen molar-refractivity contribution < 1.29 is 4.79 Å². The summed E-state index contributed by atoms with van der Waals surface area (Å²) in [4.78, 5) is 15.5. The number of hydrogen-bond acceptors (Lipinski definition) is 3. The van der Waals surface area contributed by atoms with Crippen LogP contribution < -0.4 is 0 Å². The average Bonchev–Trinajstić information content (AvgIpc) is 3.20. The Morgan fingerprint density at radius 3 is 1.77 bits per heavy atom. The molecule has 1 aliphatic rings. The zero-order valence-corrected chi connectivity index (χ0v) is 15.6. The third-order valence-electron chi connectivity index (χ3n) is 4.11. The summed E-state index contributed by atoms with van der Waals surface area (Å²) < 4.78 is 0. The molecule has 3 heteroatoms. The summed E-state index contributed by atoms with van der Waals surface area (Å²) in [6.07, 6.45) is 2.13. The first-order valence-electron chi connectivity index (χ1n) is 8.34. The maximum atomic E-state index is 13.3. The summed E-state index contributed by atoms with van der Waals surface area (Å²) >= 11 is 0. The second kappa shape index (κ2) is 7.81. The van der Waals surface area contributed by atoms with Crippen LogP contribution in [0.3, 0.4) is 0 Å². The van der Waals surface area contributed by atoms with E-state index in [2.05, 4.69) is 18.2 Å². The molecule has 3 aromatic rings. The van der Waals surface area contributed by atoms with Crippen LogP contribution in [0.1, 0.15) is 21.5 Å². The highest BCUT2D eigenvalue weighted by atomic mass is 33.1. The third-order valence-corrected chi connectivity index (χ3v) is 6.56. The van der Waals surface area contributed by atoms with Crippen LogP contribution in [0, 0.1) is 0 Å². The molecule has 0 unspecified atom stereocenters. The molecule has 0 radical (unpaired) electrons.